The van der Waals surface area contributed by atoms with Gasteiger partial charge in [0.1, 0.15) is 0 Å². The van der Waals surface area contributed by atoms with Gasteiger partial charge in [-0.05, 0) is 24.6 Å². The number of carbonyl (C=O) groups excluding carboxylic acids is 1. The Morgan fingerprint density at radius 1 is 1.39 bits per heavy atom. The molecule has 4 nitrogen and oxygen atoms in total. The fourth-order valence-electron chi connectivity index (χ4n) is 1.68. The molecule has 0 fully saturated rings. The highest BCUT2D eigenvalue weighted by atomic mass is 35.5. The first-order valence-corrected chi connectivity index (χ1v) is 6.31. The van der Waals surface area contributed by atoms with E-state index in [0.717, 1.165) is 17.8 Å². The lowest BCUT2D eigenvalue weighted by molar-refractivity contribution is -0.127. The molecule has 0 heterocycles. The van der Waals surface area contributed by atoms with Crippen molar-refractivity contribution < 1.29 is 4.79 Å². The molecule has 0 aliphatic rings. The number of benzene rings is 1. The third-order valence-corrected chi connectivity index (χ3v) is 3.05. The van der Waals surface area contributed by atoms with E-state index in [2.05, 4.69) is 0 Å². The van der Waals surface area contributed by atoms with Gasteiger partial charge in [-0.1, -0.05) is 17.7 Å². The van der Waals surface area contributed by atoms with E-state index in [1.807, 2.05) is 30.0 Å². The smallest absolute Gasteiger partial charge is 0.241 e. The molecule has 1 amide bonds. The Morgan fingerprint density at radius 2 is 2.06 bits per heavy atom. The van der Waals surface area contributed by atoms with Crippen LogP contribution in [0.2, 0.25) is 5.02 Å². The average molecular weight is 270 g/mol. The lowest BCUT2D eigenvalue weighted by atomic mass is 10.1. The molecule has 0 aliphatic carbocycles. The quantitative estimate of drug-likeness (QED) is 0.885. The molecule has 0 spiro atoms. The number of hydrogen-bond donors (Lipinski definition) is 1. The van der Waals surface area contributed by atoms with Crippen LogP contribution in [0, 0.1) is 0 Å². The van der Waals surface area contributed by atoms with Crippen LogP contribution in [0.1, 0.15) is 12.5 Å². The van der Waals surface area contributed by atoms with Gasteiger partial charge in [0, 0.05) is 37.9 Å². The zero-order valence-electron chi connectivity index (χ0n) is 11.1. The van der Waals surface area contributed by atoms with Crippen LogP contribution in [0.3, 0.4) is 0 Å². The first-order chi connectivity index (χ1) is 8.49. The van der Waals surface area contributed by atoms with Gasteiger partial charge < -0.3 is 15.5 Å². The fraction of sp³-hybridized carbons (Fsp3) is 0.462. The zero-order chi connectivity index (χ0) is 13.7. The van der Waals surface area contributed by atoms with Crippen molar-refractivity contribution in [1.82, 2.24) is 4.90 Å². The summed E-state index contributed by atoms with van der Waals surface area (Å²) in [6, 6.07) is 5.57. The maximum atomic E-state index is 11.8. The molecule has 0 bridgehead atoms. The third-order valence-electron chi connectivity index (χ3n) is 2.81. The highest BCUT2D eigenvalue weighted by molar-refractivity contribution is 6.30. The van der Waals surface area contributed by atoms with Crippen molar-refractivity contribution >= 4 is 23.2 Å². The Balaban J connectivity index is 3.00. The standard InChI is InChI=1S/C13H20ClN3O/c1-4-17(9-13(18)16(2)3)12-7-11(14)6-5-10(12)8-15/h5-7H,4,8-9,15H2,1-3H3. The van der Waals surface area contributed by atoms with E-state index in [1.54, 1.807) is 19.0 Å². The summed E-state index contributed by atoms with van der Waals surface area (Å²) in [4.78, 5) is 15.4. The van der Waals surface area contributed by atoms with Crippen LogP contribution in [0.4, 0.5) is 5.69 Å². The molecule has 100 valence electrons. The molecule has 0 atom stereocenters. The molecule has 5 heteroatoms. The molecule has 0 saturated carbocycles. The number of anilines is 1. The molecule has 1 aromatic carbocycles. The number of likely N-dealkylation sites (N-methyl/N-ethyl adjacent to an activating group) is 2. The van der Waals surface area contributed by atoms with E-state index in [-0.39, 0.29) is 5.91 Å². The molecule has 0 radical (unpaired) electrons. The Hall–Kier alpha value is -1.26. The van der Waals surface area contributed by atoms with Crippen LogP contribution in [0.15, 0.2) is 18.2 Å². The van der Waals surface area contributed by atoms with Crippen LogP contribution < -0.4 is 10.6 Å². The molecular weight excluding hydrogens is 250 g/mol. The number of hydrogen-bond acceptors (Lipinski definition) is 3. The highest BCUT2D eigenvalue weighted by Crippen LogP contribution is 2.24. The van der Waals surface area contributed by atoms with E-state index in [4.69, 9.17) is 17.3 Å². The minimum Gasteiger partial charge on any atom is -0.362 e. The SMILES string of the molecule is CCN(CC(=O)N(C)C)c1cc(Cl)ccc1CN. The summed E-state index contributed by atoms with van der Waals surface area (Å²) in [6.45, 7) is 3.49. The Labute approximate surface area is 113 Å². The summed E-state index contributed by atoms with van der Waals surface area (Å²) in [5.74, 6) is 0.0554. The number of amides is 1. The van der Waals surface area contributed by atoms with E-state index < -0.39 is 0 Å². The van der Waals surface area contributed by atoms with Crippen molar-refractivity contribution in [3.8, 4) is 0 Å². The largest absolute Gasteiger partial charge is 0.362 e. The summed E-state index contributed by atoms with van der Waals surface area (Å²) in [5, 5.41) is 0.651. The fourth-order valence-corrected chi connectivity index (χ4v) is 1.84. The average Bonchev–Trinajstić information content (AvgIpc) is 2.35. The van der Waals surface area contributed by atoms with Gasteiger partial charge in [0.2, 0.25) is 5.91 Å². The normalized spacial score (nSPS) is 10.3. The van der Waals surface area contributed by atoms with Gasteiger partial charge in [-0.3, -0.25) is 4.79 Å². The van der Waals surface area contributed by atoms with Crippen molar-refractivity contribution in [2.45, 2.75) is 13.5 Å². The van der Waals surface area contributed by atoms with Gasteiger partial charge in [0.15, 0.2) is 0 Å². The van der Waals surface area contributed by atoms with Crippen LogP contribution in [-0.2, 0) is 11.3 Å². The van der Waals surface area contributed by atoms with Crippen LogP contribution in [0.25, 0.3) is 0 Å². The number of carbonyl (C=O) groups is 1. The van der Waals surface area contributed by atoms with Crippen molar-refractivity contribution in [2.24, 2.45) is 5.73 Å². The Bertz CT molecular complexity index is 421. The van der Waals surface area contributed by atoms with Crippen molar-refractivity contribution in [3.05, 3.63) is 28.8 Å². The topological polar surface area (TPSA) is 49.6 Å². The lowest BCUT2D eigenvalue weighted by Gasteiger charge is -2.26. The van der Waals surface area contributed by atoms with E-state index in [9.17, 15) is 4.79 Å². The molecule has 0 saturated heterocycles. The Morgan fingerprint density at radius 3 is 2.56 bits per heavy atom. The van der Waals surface area contributed by atoms with Gasteiger partial charge in [-0.15, -0.1) is 0 Å². The zero-order valence-corrected chi connectivity index (χ0v) is 11.9. The van der Waals surface area contributed by atoms with Gasteiger partial charge >= 0.3 is 0 Å². The first kappa shape index (κ1) is 14.8. The summed E-state index contributed by atoms with van der Waals surface area (Å²) < 4.78 is 0. The van der Waals surface area contributed by atoms with Crippen LogP contribution in [0.5, 0.6) is 0 Å². The molecular formula is C13H20ClN3O. The summed E-state index contributed by atoms with van der Waals surface area (Å²) in [5.41, 5.74) is 7.65. The minimum atomic E-state index is 0.0554. The third kappa shape index (κ3) is 3.62. The van der Waals surface area contributed by atoms with E-state index >= 15 is 0 Å². The van der Waals surface area contributed by atoms with Crippen molar-refractivity contribution in [3.63, 3.8) is 0 Å². The first-order valence-electron chi connectivity index (χ1n) is 5.93. The monoisotopic (exact) mass is 269 g/mol. The Kier molecular flexibility index (Phi) is 5.44. The predicted molar refractivity (Wildman–Crippen MR) is 75.9 cm³/mol. The van der Waals surface area contributed by atoms with Crippen LogP contribution in [-0.4, -0.2) is 38.0 Å². The summed E-state index contributed by atoms with van der Waals surface area (Å²) in [6.07, 6.45) is 0. The van der Waals surface area contributed by atoms with Crippen molar-refractivity contribution in [1.29, 1.82) is 0 Å². The molecule has 18 heavy (non-hydrogen) atoms. The number of nitrogens with zero attached hydrogens (tertiary/aromatic N) is 2. The van der Waals surface area contributed by atoms with Gasteiger partial charge in [-0.25, -0.2) is 0 Å². The van der Waals surface area contributed by atoms with E-state index in [0.29, 0.717) is 18.1 Å². The van der Waals surface area contributed by atoms with Crippen molar-refractivity contribution in [2.75, 3.05) is 32.1 Å². The second-order valence-electron chi connectivity index (χ2n) is 4.28. The molecule has 0 aromatic heterocycles. The molecule has 1 rings (SSSR count). The second-order valence-corrected chi connectivity index (χ2v) is 4.72. The minimum absolute atomic E-state index is 0.0554. The number of halogens is 1. The van der Waals surface area contributed by atoms with Gasteiger partial charge in [0.05, 0.1) is 6.54 Å². The molecule has 2 N–H and O–H groups in total. The van der Waals surface area contributed by atoms with Gasteiger partial charge in [0.25, 0.3) is 0 Å². The molecule has 1 aromatic rings. The number of rotatable bonds is 5. The molecule has 0 aliphatic heterocycles. The maximum Gasteiger partial charge on any atom is 0.241 e. The second kappa shape index (κ2) is 6.61. The summed E-state index contributed by atoms with van der Waals surface area (Å²) in [7, 11) is 3.50. The predicted octanol–water partition coefficient (Wildman–Crippen LogP) is 1.71. The number of nitrogens with two attached hydrogens (primary N) is 1. The maximum absolute atomic E-state index is 11.8. The summed E-state index contributed by atoms with van der Waals surface area (Å²) >= 11 is 6.01. The highest BCUT2D eigenvalue weighted by Gasteiger charge is 2.14. The van der Waals surface area contributed by atoms with Gasteiger partial charge in [-0.2, -0.15) is 0 Å². The lowest BCUT2D eigenvalue weighted by Crippen LogP contribution is -2.37. The molecule has 0 unspecified atom stereocenters. The van der Waals surface area contributed by atoms with Crippen LogP contribution >= 0.6 is 11.6 Å². The van der Waals surface area contributed by atoms with E-state index in [1.165, 1.54) is 0 Å².